The molecule has 0 spiro atoms. The van der Waals surface area contributed by atoms with Crippen molar-refractivity contribution in [2.45, 2.75) is 31.5 Å². The summed E-state index contributed by atoms with van der Waals surface area (Å²) in [6, 6.07) is 6.28. The van der Waals surface area contributed by atoms with Crippen LogP contribution in [0.2, 0.25) is 0 Å². The maximum absolute atomic E-state index is 5.50. The van der Waals surface area contributed by atoms with Crippen molar-refractivity contribution in [1.82, 2.24) is 0 Å². The minimum Gasteiger partial charge on any atom is -0.494 e. The third kappa shape index (κ3) is 3.25. The molecule has 0 saturated heterocycles. The molecule has 94 valence electrons. The minimum absolute atomic E-state index is 0.431. The van der Waals surface area contributed by atoms with Crippen LogP contribution in [-0.2, 0) is 0 Å². The second-order valence-corrected chi connectivity index (χ2v) is 6.56. The molecule has 1 aromatic carbocycles. The first-order chi connectivity index (χ1) is 8.13. The zero-order valence-corrected chi connectivity index (χ0v) is 13.4. The van der Waals surface area contributed by atoms with E-state index >= 15 is 0 Å². The summed E-state index contributed by atoms with van der Waals surface area (Å²) in [6.45, 7) is 5.05. The van der Waals surface area contributed by atoms with Crippen molar-refractivity contribution < 1.29 is 4.74 Å². The van der Waals surface area contributed by atoms with E-state index in [1.54, 1.807) is 0 Å². The predicted octanol–water partition coefficient (Wildman–Crippen LogP) is 5.33. The number of alkyl halides is 1. The largest absolute Gasteiger partial charge is 0.494 e. The number of benzene rings is 1. The van der Waals surface area contributed by atoms with Crippen molar-refractivity contribution in [3.05, 3.63) is 28.2 Å². The van der Waals surface area contributed by atoms with Gasteiger partial charge in [0.2, 0.25) is 0 Å². The van der Waals surface area contributed by atoms with Crippen LogP contribution in [0.25, 0.3) is 0 Å². The fourth-order valence-electron chi connectivity index (χ4n) is 2.13. The summed E-state index contributed by atoms with van der Waals surface area (Å²) in [5.74, 6) is 2.53. The van der Waals surface area contributed by atoms with Crippen molar-refractivity contribution in [1.29, 1.82) is 0 Å². The molecule has 1 fully saturated rings. The van der Waals surface area contributed by atoms with Crippen LogP contribution in [-0.4, -0.2) is 6.61 Å². The van der Waals surface area contributed by atoms with Crippen molar-refractivity contribution in [2.75, 3.05) is 6.61 Å². The molecule has 2 unspecified atom stereocenters. The van der Waals surface area contributed by atoms with Gasteiger partial charge in [-0.1, -0.05) is 44.8 Å². The third-order valence-electron chi connectivity index (χ3n) is 3.41. The van der Waals surface area contributed by atoms with Gasteiger partial charge in [-0.05, 0) is 49.3 Å². The normalized spacial score (nSPS) is 18.8. The highest BCUT2D eigenvalue weighted by Gasteiger charge is 2.33. The smallest absolute Gasteiger partial charge is 0.120 e. The fourth-order valence-corrected chi connectivity index (χ4v) is 3.87. The Kier molecular flexibility index (Phi) is 4.53. The van der Waals surface area contributed by atoms with Gasteiger partial charge in [0.25, 0.3) is 0 Å². The van der Waals surface area contributed by atoms with E-state index in [2.05, 4.69) is 57.0 Å². The van der Waals surface area contributed by atoms with Crippen molar-refractivity contribution in [3.63, 3.8) is 0 Å². The highest BCUT2D eigenvalue weighted by molar-refractivity contribution is 9.11. The molecule has 0 N–H and O–H groups in total. The van der Waals surface area contributed by atoms with Gasteiger partial charge >= 0.3 is 0 Å². The van der Waals surface area contributed by atoms with Crippen molar-refractivity contribution in [3.8, 4) is 5.75 Å². The van der Waals surface area contributed by atoms with Gasteiger partial charge < -0.3 is 4.74 Å². The monoisotopic (exact) mass is 360 g/mol. The van der Waals surface area contributed by atoms with Crippen LogP contribution in [0, 0.1) is 11.8 Å². The molecule has 3 heteroatoms. The lowest BCUT2D eigenvalue weighted by Crippen LogP contribution is -2.06. The first-order valence-corrected chi connectivity index (χ1v) is 7.90. The lowest BCUT2D eigenvalue weighted by atomic mass is 9.96. The average Bonchev–Trinajstić information content (AvgIpc) is 3.12. The fraction of sp³-hybridized carbons (Fsp3) is 0.571. The molecule has 1 saturated carbocycles. The van der Waals surface area contributed by atoms with E-state index in [4.69, 9.17) is 4.74 Å². The summed E-state index contributed by atoms with van der Waals surface area (Å²) >= 11 is 7.48. The van der Waals surface area contributed by atoms with Gasteiger partial charge in [0.05, 0.1) is 6.61 Å². The molecule has 0 heterocycles. The molecular formula is C14H18Br2O. The van der Waals surface area contributed by atoms with Gasteiger partial charge in [0.1, 0.15) is 5.75 Å². The Hall–Kier alpha value is -0.0200. The first-order valence-electron chi connectivity index (χ1n) is 6.19. The van der Waals surface area contributed by atoms with Gasteiger partial charge in [-0.15, -0.1) is 0 Å². The summed E-state index contributed by atoms with van der Waals surface area (Å²) < 4.78 is 6.63. The molecule has 1 aliphatic rings. The van der Waals surface area contributed by atoms with E-state index in [-0.39, 0.29) is 0 Å². The first kappa shape index (κ1) is 13.4. The van der Waals surface area contributed by atoms with Gasteiger partial charge in [-0.3, -0.25) is 0 Å². The van der Waals surface area contributed by atoms with Gasteiger partial charge in [-0.2, -0.15) is 0 Å². The summed E-state index contributed by atoms with van der Waals surface area (Å²) in [6.07, 6.45) is 2.77. The molecule has 1 nitrogen and oxygen atoms in total. The molecular weight excluding hydrogens is 344 g/mol. The Balaban J connectivity index is 2.14. The Morgan fingerprint density at radius 1 is 1.41 bits per heavy atom. The summed E-state index contributed by atoms with van der Waals surface area (Å²) in [4.78, 5) is 0.431. The Morgan fingerprint density at radius 3 is 2.65 bits per heavy atom. The quantitative estimate of drug-likeness (QED) is 0.644. The van der Waals surface area contributed by atoms with Crippen LogP contribution in [0.3, 0.4) is 0 Å². The number of hydrogen-bond donors (Lipinski definition) is 0. The molecule has 0 radical (unpaired) electrons. The lowest BCUT2D eigenvalue weighted by Gasteiger charge is -2.20. The van der Waals surface area contributed by atoms with Crippen molar-refractivity contribution in [2.24, 2.45) is 11.8 Å². The molecule has 1 aromatic rings. The molecule has 17 heavy (non-hydrogen) atoms. The van der Waals surface area contributed by atoms with Crippen LogP contribution in [0.4, 0.5) is 0 Å². The predicted molar refractivity (Wildman–Crippen MR) is 78.9 cm³/mol. The van der Waals surface area contributed by atoms with Crippen LogP contribution < -0.4 is 4.74 Å². The number of hydrogen-bond acceptors (Lipinski definition) is 1. The SMILES string of the molecule is CCOc1ccc(C(Br)C(C)C2CC2)c(Br)c1. The molecule has 0 amide bonds. The van der Waals surface area contributed by atoms with Gasteiger partial charge in [0, 0.05) is 9.30 Å². The molecule has 0 aliphatic heterocycles. The van der Waals surface area contributed by atoms with Gasteiger partial charge in [-0.25, -0.2) is 0 Å². The van der Waals surface area contributed by atoms with Crippen LogP contribution in [0.5, 0.6) is 5.75 Å². The zero-order chi connectivity index (χ0) is 12.4. The Labute approximate surface area is 120 Å². The third-order valence-corrected chi connectivity index (χ3v) is 5.42. The Morgan fingerprint density at radius 2 is 2.12 bits per heavy atom. The molecule has 1 aliphatic carbocycles. The second kappa shape index (κ2) is 5.75. The molecule has 2 rings (SSSR count). The second-order valence-electron chi connectivity index (χ2n) is 4.71. The highest BCUT2D eigenvalue weighted by atomic mass is 79.9. The number of ether oxygens (including phenoxy) is 1. The highest BCUT2D eigenvalue weighted by Crippen LogP contribution is 2.47. The van der Waals surface area contributed by atoms with E-state index in [1.165, 1.54) is 18.4 Å². The Bertz CT molecular complexity index is 388. The van der Waals surface area contributed by atoms with Gasteiger partial charge in [0.15, 0.2) is 0 Å². The van der Waals surface area contributed by atoms with Crippen LogP contribution >= 0.6 is 31.9 Å². The topological polar surface area (TPSA) is 9.23 Å². The summed E-state index contributed by atoms with van der Waals surface area (Å²) in [5.41, 5.74) is 1.33. The average molecular weight is 362 g/mol. The van der Waals surface area contributed by atoms with Crippen LogP contribution in [0.1, 0.15) is 37.1 Å². The molecule has 0 bridgehead atoms. The van der Waals surface area contributed by atoms with E-state index < -0.39 is 0 Å². The maximum atomic E-state index is 5.50. The van der Waals surface area contributed by atoms with E-state index in [0.717, 1.165) is 16.1 Å². The molecule has 2 atom stereocenters. The van der Waals surface area contributed by atoms with Crippen molar-refractivity contribution >= 4 is 31.9 Å². The molecule has 0 aromatic heterocycles. The van der Waals surface area contributed by atoms with E-state index in [0.29, 0.717) is 17.4 Å². The number of halogens is 2. The summed E-state index contributed by atoms with van der Waals surface area (Å²) in [5, 5.41) is 0. The summed E-state index contributed by atoms with van der Waals surface area (Å²) in [7, 11) is 0. The maximum Gasteiger partial charge on any atom is 0.120 e. The standard InChI is InChI=1S/C14H18Br2O/c1-3-17-11-6-7-12(13(15)8-11)14(16)9(2)10-4-5-10/h6-10,14H,3-5H2,1-2H3. The lowest BCUT2D eigenvalue weighted by molar-refractivity contribution is 0.340. The number of rotatable bonds is 5. The minimum atomic E-state index is 0.431. The van der Waals surface area contributed by atoms with Crippen LogP contribution in [0.15, 0.2) is 22.7 Å². The van der Waals surface area contributed by atoms with E-state index in [1.807, 2.05) is 6.92 Å². The zero-order valence-electron chi connectivity index (χ0n) is 10.2. The van der Waals surface area contributed by atoms with E-state index in [9.17, 15) is 0 Å².